The van der Waals surface area contributed by atoms with Crippen molar-refractivity contribution in [1.82, 2.24) is 5.32 Å². The van der Waals surface area contributed by atoms with Gasteiger partial charge in [0.2, 0.25) is 5.91 Å². The van der Waals surface area contributed by atoms with Crippen molar-refractivity contribution >= 4 is 33.6 Å². The van der Waals surface area contributed by atoms with Crippen LogP contribution in [0.15, 0.2) is 29.2 Å². The molecule has 24 heavy (non-hydrogen) atoms. The van der Waals surface area contributed by atoms with Crippen molar-refractivity contribution in [3.63, 3.8) is 0 Å². The van der Waals surface area contributed by atoms with Crippen LogP contribution in [0.2, 0.25) is 0 Å². The second-order valence-electron chi connectivity index (χ2n) is 8.15. The van der Waals surface area contributed by atoms with Crippen LogP contribution in [0.5, 0.6) is 5.75 Å². The summed E-state index contributed by atoms with van der Waals surface area (Å²) in [5.41, 5.74) is 0.308. The van der Waals surface area contributed by atoms with E-state index >= 15 is 0 Å². The number of halogens is 1. The fraction of sp³-hybridized carbons (Fsp3) is 0.632. The number of alkyl halides is 1. The Morgan fingerprint density at radius 3 is 2.62 bits per heavy atom. The van der Waals surface area contributed by atoms with Gasteiger partial charge in [-0.1, -0.05) is 28.1 Å². The molecule has 0 radical (unpaired) electrons. The van der Waals surface area contributed by atoms with Gasteiger partial charge in [0.15, 0.2) is 0 Å². The Morgan fingerprint density at radius 1 is 1.25 bits per heavy atom. The van der Waals surface area contributed by atoms with Gasteiger partial charge in [-0.25, -0.2) is 0 Å². The summed E-state index contributed by atoms with van der Waals surface area (Å²) in [6.07, 6.45) is 7.81. The first-order valence-electron chi connectivity index (χ1n) is 8.82. The van der Waals surface area contributed by atoms with Crippen molar-refractivity contribution in [3.8, 4) is 5.75 Å². The van der Waals surface area contributed by atoms with Gasteiger partial charge < -0.3 is 10.4 Å². The molecule has 2 unspecified atom stereocenters. The third kappa shape index (κ3) is 3.34. The van der Waals surface area contributed by atoms with Crippen LogP contribution in [0.1, 0.15) is 38.5 Å². The summed E-state index contributed by atoms with van der Waals surface area (Å²) < 4.78 is 0.340. The molecule has 5 heteroatoms. The zero-order valence-corrected chi connectivity index (χ0v) is 16.2. The van der Waals surface area contributed by atoms with Gasteiger partial charge in [-0.3, -0.25) is 4.79 Å². The summed E-state index contributed by atoms with van der Waals surface area (Å²) in [5, 5.41) is 13.0. The average molecular weight is 410 g/mol. The molecule has 0 heterocycles. The Kier molecular flexibility index (Phi) is 4.36. The highest BCUT2D eigenvalue weighted by Gasteiger charge is 2.56. The molecule has 0 saturated heterocycles. The third-order valence-electron chi connectivity index (χ3n) is 6.00. The van der Waals surface area contributed by atoms with Gasteiger partial charge in [-0.15, -0.1) is 11.8 Å². The first-order chi connectivity index (χ1) is 11.5. The molecule has 0 aromatic heterocycles. The van der Waals surface area contributed by atoms with E-state index in [1.165, 1.54) is 50.3 Å². The molecule has 1 aromatic rings. The number of amides is 1. The minimum absolute atomic E-state index is 0.0719. The maximum atomic E-state index is 12.3. The molecule has 4 aliphatic rings. The van der Waals surface area contributed by atoms with E-state index in [4.69, 9.17) is 0 Å². The first-order valence-corrected chi connectivity index (χ1v) is 10.6. The maximum Gasteiger partial charge on any atom is 0.230 e. The first kappa shape index (κ1) is 16.8. The van der Waals surface area contributed by atoms with E-state index in [0.29, 0.717) is 15.5 Å². The van der Waals surface area contributed by atoms with Crippen LogP contribution in [-0.2, 0) is 4.79 Å². The second kappa shape index (κ2) is 6.24. The van der Waals surface area contributed by atoms with Crippen molar-refractivity contribution in [2.24, 2.45) is 17.3 Å². The van der Waals surface area contributed by atoms with Crippen molar-refractivity contribution in [3.05, 3.63) is 24.3 Å². The minimum atomic E-state index is 0.0719. The van der Waals surface area contributed by atoms with Crippen molar-refractivity contribution in [2.45, 2.75) is 47.7 Å². The molecule has 4 saturated carbocycles. The standard InChI is InChI=1S/C19H24BrNO2S/c20-19-8-13-5-14(9-19)7-18(6-13,11-19)12-21-17(23)10-24-16-4-2-1-3-15(16)22/h1-4,13-14,22H,5-12H2,(H,21,23)/t13-,14+,18?,19?. The van der Waals surface area contributed by atoms with Crippen LogP contribution < -0.4 is 5.32 Å². The number of carbonyl (C=O) groups excluding carboxylic acids is 1. The molecule has 4 atom stereocenters. The number of aromatic hydroxyl groups is 1. The summed E-state index contributed by atoms with van der Waals surface area (Å²) in [6.45, 7) is 0.813. The van der Waals surface area contributed by atoms with Crippen LogP contribution in [-0.4, -0.2) is 27.6 Å². The molecule has 4 bridgehead atoms. The van der Waals surface area contributed by atoms with Gasteiger partial charge in [-0.05, 0) is 67.9 Å². The summed E-state index contributed by atoms with van der Waals surface area (Å²) in [4.78, 5) is 13.0. The van der Waals surface area contributed by atoms with Gasteiger partial charge >= 0.3 is 0 Å². The van der Waals surface area contributed by atoms with Crippen LogP contribution in [0.3, 0.4) is 0 Å². The minimum Gasteiger partial charge on any atom is -0.507 e. The van der Waals surface area contributed by atoms with E-state index in [0.717, 1.165) is 23.3 Å². The Bertz CT molecular complexity index is 636. The number of para-hydroxylation sites is 1. The highest BCUT2D eigenvalue weighted by Crippen LogP contribution is 2.64. The number of rotatable bonds is 5. The number of benzene rings is 1. The fourth-order valence-electron chi connectivity index (χ4n) is 5.60. The molecule has 1 aromatic carbocycles. The van der Waals surface area contributed by atoms with Crippen molar-refractivity contribution in [1.29, 1.82) is 0 Å². The van der Waals surface area contributed by atoms with E-state index in [1.807, 2.05) is 12.1 Å². The van der Waals surface area contributed by atoms with Crippen molar-refractivity contribution in [2.75, 3.05) is 12.3 Å². The molecule has 3 nitrogen and oxygen atoms in total. The normalized spacial score (nSPS) is 36.7. The summed E-state index contributed by atoms with van der Waals surface area (Å²) in [6, 6.07) is 7.18. The second-order valence-corrected chi connectivity index (χ2v) is 10.8. The zero-order valence-electron chi connectivity index (χ0n) is 13.8. The fourth-order valence-corrected chi connectivity index (χ4v) is 7.89. The Balaban J connectivity index is 1.32. The van der Waals surface area contributed by atoms with Crippen LogP contribution >= 0.6 is 27.7 Å². The third-order valence-corrected chi connectivity index (χ3v) is 7.99. The lowest BCUT2D eigenvalue weighted by molar-refractivity contribution is -0.120. The lowest BCUT2D eigenvalue weighted by Crippen LogP contribution is -2.56. The molecule has 1 amide bonds. The highest BCUT2D eigenvalue weighted by atomic mass is 79.9. The SMILES string of the molecule is O=C(CSc1ccccc1O)NCC12C[C@@H]3C[C@@H](CC(Br)(C3)C1)C2. The predicted octanol–water partition coefficient (Wildman–Crippen LogP) is 4.33. The zero-order chi connectivity index (χ0) is 16.8. The Hall–Kier alpha value is -0.680. The topological polar surface area (TPSA) is 49.3 Å². The highest BCUT2D eigenvalue weighted by molar-refractivity contribution is 9.10. The number of carbonyl (C=O) groups is 1. The van der Waals surface area contributed by atoms with E-state index in [9.17, 15) is 9.90 Å². The summed E-state index contributed by atoms with van der Waals surface area (Å²) in [7, 11) is 0. The molecule has 4 fully saturated rings. The predicted molar refractivity (Wildman–Crippen MR) is 101 cm³/mol. The molecule has 4 aliphatic carbocycles. The number of phenols is 1. The molecule has 5 rings (SSSR count). The quantitative estimate of drug-likeness (QED) is 0.561. The van der Waals surface area contributed by atoms with Gasteiger partial charge in [0.05, 0.1) is 5.75 Å². The van der Waals surface area contributed by atoms with E-state index < -0.39 is 0 Å². The number of nitrogens with one attached hydrogen (secondary N) is 1. The van der Waals surface area contributed by atoms with Crippen LogP contribution in [0.4, 0.5) is 0 Å². The molecular weight excluding hydrogens is 386 g/mol. The van der Waals surface area contributed by atoms with Gasteiger partial charge in [0.1, 0.15) is 5.75 Å². The van der Waals surface area contributed by atoms with Crippen LogP contribution in [0, 0.1) is 17.3 Å². The Morgan fingerprint density at radius 2 is 1.96 bits per heavy atom. The number of phenolic OH excluding ortho intramolecular Hbond substituents is 1. The van der Waals surface area contributed by atoms with Crippen molar-refractivity contribution < 1.29 is 9.90 Å². The molecular formula is C19H24BrNO2S. The molecule has 2 N–H and O–H groups in total. The van der Waals surface area contributed by atoms with Crippen LogP contribution in [0.25, 0.3) is 0 Å². The van der Waals surface area contributed by atoms with E-state index in [-0.39, 0.29) is 11.7 Å². The summed E-state index contributed by atoms with van der Waals surface area (Å²) in [5.74, 6) is 2.37. The van der Waals surface area contributed by atoms with E-state index in [2.05, 4.69) is 21.2 Å². The summed E-state index contributed by atoms with van der Waals surface area (Å²) >= 11 is 5.42. The molecule has 0 spiro atoms. The largest absolute Gasteiger partial charge is 0.507 e. The van der Waals surface area contributed by atoms with Gasteiger partial charge in [0, 0.05) is 15.8 Å². The van der Waals surface area contributed by atoms with Gasteiger partial charge in [0.25, 0.3) is 0 Å². The lowest BCUT2D eigenvalue weighted by Gasteiger charge is -2.60. The molecule has 130 valence electrons. The number of hydrogen-bond donors (Lipinski definition) is 2. The lowest BCUT2D eigenvalue weighted by atomic mass is 9.49. The monoisotopic (exact) mass is 409 g/mol. The van der Waals surface area contributed by atoms with Gasteiger partial charge in [-0.2, -0.15) is 0 Å². The number of thioether (sulfide) groups is 1. The Labute approximate surface area is 156 Å². The molecule has 0 aliphatic heterocycles. The maximum absolute atomic E-state index is 12.3. The average Bonchev–Trinajstić information content (AvgIpc) is 2.50. The van der Waals surface area contributed by atoms with E-state index in [1.54, 1.807) is 12.1 Å². The smallest absolute Gasteiger partial charge is 0.230 e. The number of hydrogen-bond acceptors (Lipinski definition) is 3.